The van der Waals surface area contributed by atoms with E-state index in [1.54, 1.807) is 18.2 Å². The van der Waals surface area contributed by atoms with Gasteiger partial charge in [0.05, 0.1) is 25.4 Å². The SMILES string of the molecule is N#C[C@@]12C(N)=NC3(OCCO3)[C@]1(C#N)[C@@H]2c1c(Cl)cccc1Cl. The van der Waals surface area contributed by atoms with Crippen molar-refractivity contribution in [3.8, 4) is 12.1 Å². The number of halogens is 2. The lowest BCUT2D eigenvalue weighted by atomic mass is 9.94. The molecule has 2 N–H and O–H groups in total. The van der Waals surface area contributed by atoms with Crippen molar-refractivity contribution in [3.05, 3.63) is 33.8 Å². The summed E-state index contributed by atoms with van der Waals surface area (Å²) in [7, 11) is 0. The third-order valence-corrected chi connectivity index (χ3v) is 5.55. The summed E-state index contributed by atoms with van der Waals surface area (Å²) in [6.07, 6.45) is 0. The maximum atomic E-state index is 9.94. The summed E-state index contributed by atoms with van der Waals surface area (Å²) in [4.78, 5) is 4.19. The van der Waals surface area contributed by atoms with E-state index in [2.05, 4.69) is 17.1 Å². The molecule has 2 aliphatic heterocycles. The molecule has 0 bridgehead atoms. The van der Waals surface area contributed by atoms with Crippen molar-refractivity contribution in [1.29, 1.82) is 10.5 Å². The van der Waals surface area contributed by atoms with Gasteiger partial charge in [0.2, 0.25) is 0 Å². The maximum absolute atomic E-state index is 9.94. The van der Waals surface area contributed by atoms with Crippen LogP contribution < -0.4 is 5.73 Å². The summed E-state index contributed by atoms with van der Waals surface area (Å²) >= 11 is 12.6. The van der Waals surface area contributed by atoms with Crippen LogP contribution in [0.4, 0.5) is 0 Å². The number of hydrogen-bond acceptors (Lipinski definition) is 6. The van der Waals surface area contributed by atoms with Gasteiger partial charge in [-0.25, -0.2) is 4.99 Å². The van der Waals surface area contributed by atoms with E-state index in [-0.39, 0.29) is 19.0 Å². The fraction of sp³-hybridized carbons (Fsp3) is 0.400. The quantitative estimate of drug-likeness (QED) is 0.837. The van der Waals surface area contributed by atoms with Gasteiger partial charge in [-0.3, -0.25) is 0 Å². The molecule has 0 amide bonds. The lowest BCUT2D eigenvalue weighted by Gasteiger charge is -2.26. The molecule has 8 heteroatoms. The molecule has 1 saturated heterocycles. The van der Waals surface area contributed by atoms with E-state index in [0.29, 0.717) is 15.6 Å². The number of amidine groups is 1. The van der Waals surface area contributed by atoms with Crippen molar-refractivity contribution in [2.45, 2.75) is 11.8 Å². The molecule has 0 radical (unpaired) electrons. The highest BCUT2D eigenvalue weighted by atomic mass is 35.5. The summed E-state index contributed by atoms with van der Waals surface area (Å²) in [6, 6.07) is 9.35. The minimum Gasteiger partial charge on any atom is -0.386 e. The van der Waals surface area contributed by atoms with E-state index in [1.165, 1.54) is 0 Å². The smallest absolute Gasteiger partial charge is 0.293 e. The Kier molecular flexibility index (Phi) is 2.80. The van der Waals surface area contributed by atoms with Crippen molar-refractivity contribution in [2.24, 2.45) is 21.6 Å². The van der Waals surface area contributed by atoms with E-state index >= 15 is 0 Å². The van der Waals surface area contributed by atoms with Crippen LogP contribution in [0.1, 0.15) is 11.5 Å². The Bertz CT molecular complexity index is 817. The highest BCUT2D eigenvalue weighted by molar-refractivity contribution is 6.36. The molecule has 2 heterocycles. The van der Waals surface area contributed by atoms with Gasteiger partial charge in [0.25, 0.3) is 5.91 Å². The first-order valence-electron chi connectivity index (χ1n) is 6.91. The monoisotopic (exact) mass is 348 g/mol. The van der Waals surface area contributed by atoms with Crippen LogP contribution in [0.2, 0.25) is 10.0 Å². The lowest BCUT2D eigenvalue weighted by molar-refractivity contribution is -0.184. The van der Waals surface area contributed by atoms with Crippen molar-refractivity contribution >= 4 is 29.0 Å². The Morgan fingerprint density at radius 2 is 1.78 bits per heavy atom. The summed E-state index contributed by atoms with van der Waals surface area (Å²) < 4.78 is 11.3. The second-order valence-corrected chi connectivity index (χ2v) is 6.50. The highest BCUT2D eigenvalue weighted by Crippen LogP contribution is 2.83. The fourth-order valence-corrected chi connectivity index (χ4v) is 4.55. The Hall–Kier alpha value is -1.83. The van der Waals surface area contributed by atoms with Gasteiger partial charge in [-0.1, -0.05) is 29.3 Å². The first kappa shape index (κ1) is 14.7. The molecule has 1 aliphatic carbocycles. The summed E-state index contributed by atoms with van der Waals surface area (Å²) in [6.45, 7) is 0.537. The molecule has 3 atom stereocenters. The van der Waals surface area contributed by atoms with Crippen LogP contribution in [0.25, 0.3) is 0 Å². The summed E-state index contributed by atoms with van der Waals surface area (Å²) in [5, 5.41) is 20.5. The number of ether oxygens (including phenoxy) is 2. The maximum Gasteiger partial charge on any atom is 0.293 e. The average molecular weight is 349 g/mol. The van der Waals surface area contributed by atoms with Gasteiger partial charge in [0.1, 0.15) is 11.3 Å². The largest absolute Gasteiger partial charge is 0.386 e. The standard InChI is InChI=1S/C15H10Cl2N4O2/c16-8-2-1-3-9(17)10(8)11-13(6-18)12(20)21-15(14(11,13)7-19)22-4-5-23-15/h1-3,11H,4-5H2,(H2,20,21)/t11-,13-,14-/m1/s1. The summed E-state index contributed by atoms with van der Waals surface area (Å²) in [5.74, 6) is -2.22. The van der Waals surface area contributed by atoms with Gasteiger partial charge < -0.3 is 15.2 Å². The number of aliphatic imine (C=N–C) groups is 1. The number of fused-ring (bicyclic) bond motifs is 2. The second-order valence-electron chi connectivity index (χ2n) is 5.68. The van der Waals surface area contributed by atoms with Gasteiger partial charge in [-0.2, -0.15) is 10.5 Å². The van der Waals surface area contributed by atoms with Gasteiger partial charge in [0, 0.05) is 16.0 Å². The van der Waals surface area contributed by atoms with Crippen LogP contribution in [-0.2, 0) is 9.47 Å². The third-order valence-electron chi connectivity index (χ3n) is 4.89. The molecule has 116 valence electrons. The molecule has 1 aromatic carbocycles. The number of nitriles is 2. The number of nitrogens with two attached hydrogens (primary N) is 1. The molecular weight excluding hydrogens is 339 g/mol. The van der Waals surface area contributed by atoms with E-state index in [1.807, 2.05) is 0 Å². The molecular formula is C15H10Cl2N4O2. The van der Waals surface area contributed by atoms with E-state index in [9.17, 15) is 10.5 Å². The molecule has 0 unspecified atom stereocenters. The molecule has 1 aromatic rings. The number of nitrogens with zero attached hydrogens (tertiary/aromatic N) is 3. The van der Waals surface area contributed by atoms with Crippen LogP contribution in [0.15, 0.2) is 23.2 Å². The zero-order valence-corrected chi connectivity index (χ0v) is 13.2. The molecule has 3 aliphatic rings. The molecule has 1 saturated carbocycles. The third kappa shape index (κ3) is 1.35. The zero-order valence-electron chi connectivity index (χ0n) is 11.7. The molecule has 23 heavy (non-hydrogen) atoms. The molecule has 6 nitrogen and oxygen atoms in total. The van der Waals surface area contributed by atoms with Crippen LogP contribution in [0, 0.1) is 33.5 Å². The van der Waals surface area contributed by atoms with Crippen LogP contribution >= 0.6 is 23.2 Å². The van der Waals surface area contributed by atoms with Crippen molar-refractivity contribution in [1.82, 2.24) is 0 Å². The molecule has 4 rings (SSSR count). The van der Waals surface area contributed by atoms with Crippen LogP contribution in [0.5, 0.6) is 0 Å². The van der Waals surface area contributed by atoms with Gasteiger partial charge in [-0.15, -0.1) is 0 Å². The predicted octanol–water partition coefficient (Wildman–Crippen LogP) is 2.18. The Balaban J connectivity index is 2.00. The van der Waals surface area contributed by atoms with E-state index < -0.39 is 22.7 Å². The minimum atomic E-state index is -1.57. The Morgan fingerprint density at radius 1 is 1.17 bits per heavy atom. The second kappa shape index (κ2) is 4.37. The van der Waals surface area contributed by atoms with Crippen molar-refractivity contribution in [2.75, 3.05) is 13.2 Å². The molecule has 0 aromatic heterocycles. The Morgan fingerprint density at radius 3 is 2.30 bits per heavy atom. The first-order chi connectivity index (χ1) is 11.0. The first-order valence-corrected chi connectivity index (χ1v) is 7.66. The van der Waals surface area contributed by atoms with Gasteiger partial charge >= 0.3 is 0 Å². The van der Waals surface area contributed by atoms with Gasteiger partial charge in [0.15, 0.2) is 5.41 Å². The van der Waals surface area contributed by atoms with Crippen LogP contribution in [-0.4, -0.2) is 25.0 Å². The number of hydrogen-bond donors (Lipinski definition) is 1. The number of rotatable bonds is 1. The minimum absolute atomic E-state index is 0.0180. The molecule has 1 spiro atoms. The predicted molar refractivity (Wildman–Crippen MR) is 81.6 cm³/mol. The van der Waals surface area contributed by atoms with Gasteiger partial charge in [-0.05, 0) is 17.7 Å². The van der Waals surface area contributed by atoms with Crippen molar-refractivity contribution in [3.63, 3.8) is 0 Å². The zero-order chi connectivity index (χ0) is 16.5. The fourth-order valence-electron chi connectivity index (χ4n) is 3.94. The average Bonchev–Trinajstić information content (AvgIpc) is 2.77. The molecule has 2 fully saturated rings. The lowest BCUT2D eigenvalue weighted by Crippen LogP contribution is -2.38. The van der Waals surface area contributed by atoms with Crippen molar-refractivity contribution < 1.29 is 9.47 Å². The van der Waals surface area contributed by atoms with E-state index in [0.717, 1.165) is 0 Å². The highest BCUT2D eigenvalue weighted by Gasteiger charge is 2.94. The normalized spacial score (nSPS) is 36.2. The number of benzene rings is 1. The van der Waals surface area contributed by atoms with Crippen LogP contribution in [0.3, 0.4) is 0 Å². The van der Waals surface area contributed by atoms with E-state index in [4.69, 9.17) is 38.4 Å². The topological polar surface area (TPSA) is 104 Å². The summed E-state index contributed by atoms with van der Waals surface area (Å²) in [5.41, 5.74) is 3.78. The Labute approximate surface area is 142 Å².